The van der Waals surface area contributed by atoms with Gasteiger partial charge in [0, 0.05) is 38.2 Å². The molecule has 0 aliphatic heterocycles. The van der Waals surface area contributed by atoms with Crippen molar-refractivity contribution in [3.8, 4) is 28.4 Å². The first kappa shape index (κ1) is 30.7. The second-order valence-corrected chi connectivity index (χ2v) is 11.7. The lowest BCUT2D eigenvalue weighted by molar-refractivity contribution is 0.302. The summed E-state index contributed by atoms with van der Waals surface area (Å²) in [7, 11) is 0. The second-order valence-electron chi connectivity index (χ2n) is 11.7. The van der Waals surface area contributed by atoms with Gasteiger partial charge in [-0.2, -0.15) is 0 Å². The summed E-state index contributed by atoms with van der Waals surface area (Å²) >= 11 is 0. The van der Waals surface area contributed by atoms with E-state index >= 15 is 0 Å². The molecule has 0 N–H and O–H groups in total. The highest BCUT2D eigenvalue weighted by atomic mass is 16.5. The van der Waals surface area contributed by atoms with Crippen LogP contribution in [0.1, 0.15) is 84.1 Å². The molecule has 0 saturated heterocycles. The zero-order valence-corrected chi connectivity index (χ0v) is 26.6. The molecule has 0 aliphatic carbocycles. The molecule has 3 nitrogen and oxygen atoms in total. The van der Waals surface area contributed by atoms with Gasteiger partial charge in [0.1, 0.15) is 17.2 Å². The Balaban J connectivity index is 1.80. The average molecular weight is 577 g/mol. The molecule has 5 aromatic carbocycles. The van der Waals surface area contributed by atoms with Crippen molar-refractivity contribution in [2.24, 2.45) is 0 Å². The summed E-state index contributed by atoms with van der Waals surface area (Å²) < 4.78 is 20.1. The van der Waals surface area contributed by atoms with Gasteiger partial charge in [0.2, 0.25) is 0 Å². The van der Waals surface area contributed by atoms with Crippen LogP contribution in [0.25, 0.3) is 43.4 Å². The first-order chi connectivity index (χ1) is 21.2. The lowest BCUT2D eigenvalue weighted by Crippen LogP contribution is -2.06. The smallest absolute Gasteiger partial charge is 0.135 e. The summed E-state index contributed by atoms with van der Waals surface area (Å²) in [4.78, 5) is 0. The highest BCUT2D eigenvalue weighted by molar-refractivity contribution is 6.19. The van der Waals surface area contributed by atoms with E-state index in [1.54, 1.807) is 0 Å². The summed E-state index contributed by atoms with van der Waals surface area (Å²) in [5.74, 6) is 2.90. The quantitative estimate of drug-likeness (QED) is 0.0863. The number of unbranched alkanes of at least 4 members (excludes halogenated alkanes) is 6. The van der Waals surface area contributed by atoms with Gasteiger partial charge in [-0.1, -0.05) is 132 Å². The van der Waals surface area contributed by atoms with E-state index in [-0.39, 0.29) is 0 Å². The Hall–Kier alpha value is -3.72. The predicted molar refractivity (Wildman–Crippen MR) is 184 cm³/mol. The second kappa shape index (κ2) is 15.1. The highest BCUT2D eigenvalue weighted by Gasteiger charge is 2.25. The third-order valence-corrected chi connectivity index (χ3v) is 8.47. The van der Waals surface area contributed by atoms with Crippen LogP contribution < -0.4 is 14.2 Å². The molecule has 0 bridgehead atoms. The van der Waals surface area contributed by atoms with E-state index < -0.39 is 0 Å². The molecule has 0 heterocycles. The maximum Gasteiger partial charge on any atom is 0.135 e. The monoisotopic (exact) mass is 576 g/mol. The van der Waals surface area contributed by atoms with Crippen molar-refractivity contribution < 1.29 is 14.2 Å². The molecule has 0 atom stereocenters. The zero-order valence-electron chi connectivity index (χ0n) is 26.6. The van der Waals surface area contributed by atoms with Gasteiger partial charge in [-0.25, -0.2) is 0 Å². The van der Waals surface area contributed by atoms with Crippen LogP contribution in [0.15, 0.2) is 72.8 Å². The Bertz CT molecular complexity index is 1590. The van der Waals surface area contributed by atoms with Crippen molar-refractivity contribution in [3.63, 3.8) is 0 Å². The van der Waals surface area contributed by atoms with Crippen LogP contribution in [0.5, 0.6) is 17.2 Å². The molecule has 226 valence electrons. The predicted octanol–water partition coefficient (Wildman–Crippen LogP) is 11.8. The van der Waals surface area contributed by atoms with Crippen molar-refractivity contribution in [2.75, 3.05) is 19.8 Å². The van der Waals surface area contributed by atoms with Gasteiger partial charge in [-0.15, -0.1) is 0 Å². The van der Waals surface area contributed by atoms with E-state index in [2.05, 4.69) is 100 Å². The van der Waals surface area contributed by atoms with Crippen LogP contribution >= 0.6 is 0 Å². The molecule has 0 aromatic heterocycles. The largest absolute Gasteiger partial charge is 0.493 e. The van der Waals surface area contributed by atoms with E-state index in [9.17, 15) is 0 Å². The Kier molecular flexibility index (Phi) is 10.8. The van der Waals surface area contributed by atoms with Crippen molar-refractivity contribution in [1.29, 1.82) is 0 Å². The van der Waals surface area contributed by atoms with Crippen LogP contribution in [-0.4, -0.2) is 19.8 Å². The fourth-order valence-corrected chi connectivity index (χ4v) is 6.23. The van der Waals surface area contributed by atoms with Crippen molar-refractivity contribution in [1.82, 2.24) is 0 Å². The van der Waals surface area contributed by atoms with E-state index in [1.165, 1.54) is 35.6 Å². The number of hydrogen-bond acceptors (Lipinski definition) is 3. The van der Waals surface area contributed by atoms with Gasteiger partial charge in [0.05, 0.1) is 19.8 Å². The molecule has 5 rings (SSSR count). The van der Waals surface area contributed by atoms with Gasteiger partial charge in [0.15, 0.2) is 0 Å². The van der Waals surface area contributed by atoms with Crippen molar-refractivity contribution >= 4 is 32.3 Å². The first-order valence-electron chi connectivity index (χ1n) is 16.6. The van der Waals surface area contributed by atoms with Crippen LogP contribution in [0.3, 0.4) is 0 Å². The fraction of sp³-hybridized carbons (Fsp3) is 0.400. The maximum absolute atomic E-state index is 6.82. The maximum atomic E-state index is 6.82. The normalized spacial score (nSPS) is 11.4. The lowest BCUT2D eigenvalue weighted by atomic mass is 9.86. The third-order valence-electron chi connectivity index (χ3n) is 8.47. The van der Waals surface area contributed by atoms with Crippen LogP contribution in [-0.2, 0) is 0 Å². The van der Waals surface area contributed by atoms with Gasteiger partial charge in [-0.05, 0) is 37.0 Å². The lowest BCUT2D eigenvalue weighted by Gasteiger charge is -2.24. The summed E-state index contributed by atoms with van der Waals surface area (Å²) in [5.41, 5.74) is 3.46. The standard InChI is InChI=1S/C40H48O3/c1-5-8-17-26-41-38-29(4)36(40(43-28-19-10-7-3)35-25-16-15-24-34(35)38)37-30-20-11-13-22-32(30)39(42-27-18-9-6-2)33-23-14-12-21-31(33)37/h11-16,20-25H,5-10,17-19,26-28H2,1-4H3. The average Bonchev–Trinajstić information content (AvgIpc) is 3.04. The van der Waals surface area contributed by atoms with Gasteiger partial charge in [0.25, 0.3) is 0 Å². The number of fused-ring (bicyclic) bond motifs is 3. The van der Waals surface area contributed by atoms with E-state index in [0.717, 1.165) is 95.1 Å². The van der Waals surface area contributed by atoms with Crippen molar-refractivity contribution in [2.45, 2.75) is 85.5 Å². The highest BCUT2D eigenvalue weighted by Crippen LogP contribution is 2.51. The molecule has 0 aliphatic rings. The van der Waals surface area contributed by atoms with Crippen LogP contribution in [0.2, 0.25) is 0 Å². The molecule has 0 spiro atoms. The third kappa shape index (κ3) is 6.61. The van der Waals surface area contributed by atoms with E-state index in [4.69, 9.17) is 14.2 Å². The fourth-order valence-electron chi connectivity index (χ4n) is 6.23. The Labute approximate surface area is 258 Å². The molecular formula is C40H48O3. The minimum atomic E-state index is 0.690. The van der Waals surface area contributed by atoms with Crippen molar-refractivity contribution in [3.05, 3.63) is 78.4 Å². The first-order valence-corrected chi connectivity index (χ1v) is 16.6. The van der Waals surface area contributed by atoms with Gasteiger partial charge in [-0.3, -0.25) is 0 Å². The number of rotatable bonds is 16. The molecule has 5 aromatic rings. The van der Waals surface area contributed by atoms with Crippen LogP contribution in [0.4, 0.5) is 0 Å². The summed E-state index contributed by atoms with van der Waals surface area (Å²) in [6, 6.07) is 26.0. The van der Waals surface area contributed by atoms with E-state index in [1.807, 2.05) is 0 Å². The minimum Gasteiger partial charge on any atom is -0.493 e. The Morgan fingerprint density at radius 3 is 1.19 bits per heavy atom. The van der Waals surface area contributed by atoms with Gasteiger partial charge < -0.3 is 14.2 Å². The SMILES string of the molecule is CCCCCOc1c(C)c(-c2c3ccccc3c(OCCCCC)c3ccccc23)c(OCCCCC)c2ccccc12. The number of hydrogen-bond donors (Lipinski definition) is 0. The molecule has 43 heavy (non-hydrogen) atoms. The Morgan fingerprint density at radius 2 is 0.744 bits per heavy atom. The minimum absolute atomic E-state index is 0.690. The molecule has 0 saturated carbocycles. The molecule has 3 heteroatoms. The summed E-state index contributed by atoms with van der Waals surface area (Å²) in [5, 5.41) is 6.87. The Morgan fingerprint density at radius 1 is 0.395 bits per heavy atom. The summed E-state index contributed by atoms with van der Waals surface area (Å²) in [6.07, 6.45) is 10.1. The molecule has 0 fully saturated rings. The zero-order chi connectivity index (χ0) is 30.0. The number of ether oxygens (including phenoxy) is 3. The molecule has 0 amide bonds. The topological polar surface area (TPSA) is 27.7 Å². The number of benzene rings is 5. The molecular weight excluding hydrogens is 528 g/mol. The summed E-state index contributed by atoms with van der Waals surface area (Å²) in [6.45, 7) is 11.0. The van der Waals surface area contributed by atoms with Crippen LogP contribution in [0, 0.1) is 6.92 Å². The van der Waals surface area contributed by atoms with Gasteiger partial charge >= 0.3 is 0 Å². The molecule has 0 unspecified atom stereocenters. The molecule has 0 radical (unpaired) electrons. The van der Waals surface area contributed by atoms with E-state index in [0.29, 0.717) is 13.2 Å².